The summed E-state index contributed by atoms with van der Waals surface area (Å²) in [7, 11) is 2.15. The Bertz CT molecular complexity index is 456. The van der Waals surface area contributed by atoms with Crippen molar-refractivity contribution in [3.63, 3.8) is 0 Å². The molecule has 1 aromatic rings. The third-order valence-electron chi connectivity index (χ3n) is 3.87. The Morgan fingerprint density at radius 3 is 3.00 bits per heavy atom. The maximum Gasteiger partial charge on any atom is 0.119 e. The summed E-state index contributed by atoms with van der Waals surface area (Å²) >= 11 is 5.97. The topological polar surface area (TPSA) is 44.7 Å². The van der Waals surface area contributed by atoms with Crippen molar-refractivity contribution in [3.8, 4) is 5.75 Å². The second-order valence-corrected chi connectivity index (χ2v) is 6.36. The van der Waals surface area contributed by atoms with E-state index in [1.54, 1.807) is 0 Å². The lowest BCUT2D eigenvalue weighted by atomic mass is 10.1. The van der Waals surface area contributed by atoms with E-state index in [0.717, 1.165) is 29.4 Å². The molecule has 2 unspecified atom stereocenters. The van der Waals surface area contributed by atoms with Gasteiger partial charge in [-0.05, 0) is 63.2 Å². The van der Waals surface area contributed by atoms with E-state index in [-0.39, 0.29) is 0 Å². The molecule has 0 amide bonds. The van der Waals surface area contributed by atoms with E-state index in [1.165, 1.54) is 13.0 Å². The van der Waals surface area contributed by atoms with Gasteiger partial charge in [0.2, 0.25) is 0 Å². The lowest BCUT2D eigenvalue weighted by molar-refractivity contribution is 0.105. The highest BCUT2D eigenvalue weighted by atomic mass is 35.5. The zero-order chi connectivity index (χ0) is 15.2. The average Bonchev–Trinajstić information content (AvgIpc) is 2.86. The van der Waals surface area contributed by atoms with Gasteiger partial charge in [0, 0.05) is 18.1 Å². The van der Waals surface area contributed by atoms with Crippen molar-refractivity contribution in [1.82, 2.24) is 10.2 Å². The molecule has 5 heteroatoms. The zero-order valence-electron chi connectivity index (χ0n) is 12.8. The van der Waals surface area contributed by atoms with E-state index in [2.05, 4.69) is 17.3 Å². The summed E-state index contributed by atoms with van der Waals surface area (Å²) in [4.78, 5) is 2.34. The third kappa shape index (κ3) is 5.47. The molecule has 1 aliphatic rings. The first kappa shape index (κ1) is 16.6. The summed E-state index contributed by atoms with van der Waals surface area (Å²) in [6, 6.07) is 5.52. The van der Waals surface area contributed by atoms with Crippen molar-refractivity contribution in [2.75, 3.05) is 39.8 Å². The summed E-state index contributed by atoms with van der Waals surface area (Å²) in [5.41, 5.74) is 0.979. The highest BCUT2D eigenvalue weighted by molar-refractivity contribution is 6.31. The molecule has 1 fully saturated rings. The maximum absolute atomic E-state index is 9.94. The van der Waals surface area contributed by atoms with Gasteiger partial charge in [-0.3, -0.25) is 0 Å². The summed E-state index contributed by atoms with van der Waals surface area (Å²) in [6.07, 6.45) is 0.736. The van der Waals surface area contributed by atoms with Crippen LogP contribution in [0, 0.1) is 12.8 Å². The fourth-order valence-corrected chi connectivity index (χ4v) is 2.72. The lowest BCUT2D eigenvalue weighted by Crippen LogP contribution is -2.34. The van der Waals surface area contributed by atoms with Crippen LogP contribution < -0.4 is 10.1 Å². The number of aryl methyl sites for hydroxylation is 1. The molecule has 1 saturated heterocycles. The Kier molecular flexibility index (Phi) is 6.30. The van der Waals surface area contributed by atoms with E-state index in [9.17, 15) is 5.11 Å². The Labute approximate surface area is 132 Å². The van der Waals surface area contributed by atoms with Crippen LogP contribution in [0.2, 0.25) is 5.02 Å². The van der Waals surface area contributed by atoms with Crippen LogP contribution in [0.25, 0.3) is 0 Å². The van der Waals surface area contributed by atoms with E-state index in [0.29, 0.717) is 19.1 Å². The predicted molar refractivity (Wildman–Crippen MR) is 86.2 cm³/mol. The molecule has 2 rings (SSSR count). The van der Waals surface area contributed by atoms with Crippen LogP contribution in [0.1, 0.15) is 12.0 Å². The molecule has 1 heterocycles. The molecule has 0 aliphatic carbocycles. The summed E-state index contributed by atoms with van der Waals surface area (Å²) in [5.74, 6) is 1.44. The van der Waals surface area contributed by atoms with Crippen molar-refractivity contribution in [2.24, 2.45) is 5.92 Å². The molecule has 2 atom stereocenters. The highest BCUT2D eigenvalue weighted by Gasteiger charge is 2.19. The van der Waals surface area contributed by atoms with Gasteiger partial charge in [-0.25, -0.2) is 0 Å². The van der Waals surface area contributed by atoms with Crippen molar-refractivity contribution in [2.45, 2.75) is 19.4 Å². The smallest absolute Gasteiger partial charge is 0.119 e. The van der Waals surface area contributed by atoms with Gasteiger partial charge < -0.3 is 20.1 Å². The average molecular weight is 313 g/mol. The molecule has 118 valence electrons. The van der Waals surface area contributed by atoms with Crippen LogP contribution in [0.15, 0.2) is 18.2 Å². The summed E-state index contributed by atoms with van der Waals surface area (Å²) < 4.78 is 5.59. The van der Waals surface area contributed by atoms with Crippen molar-refractivity contribution in [1.29, 1.82) is 0 Å². The van der Waals surface area contributed by atoms with E-state index < -0.39 is 6.10 Å². The fourth-order valence-electron chi connectivity index (χ4n) is 2.61. The first-order chi connectivity index (χ1) is 10.0. The predicted octanol–water partition coefficient (Wildman–Crippen LogP) is 1.93. The monoisotopic (exact) mass is 312 g/mol. The number of ether oxygens (including phenoxy) is 1. The minimum absolute atomic E-state index is 0.290. The Balaban J connectivity index is 1.63. The largest absolute Gasteiger partial charge is 0.491 e. The SMILES string of the molecule is Cc1cc(OCC(O)CNCC2CCN(C)C2)ccc1Cl. The Hall–Kier alpha value is -0.810. The summed E-state index contributed by atoms with van der Waals surface area (Å²) in [6.45, 7) is 6.07. The molecule has 0 bridgehead atoms. The number of halogens is 1. The second kappa shape index (κ2) is 7.99. The summed E-state index contributed by atoms with van der Waals surface area (Å²) in [5, 5.41) is 14.0. The number of rotatable bonds is 7. The number of likely N-dealkylation sites (tertiary alicyclic amines) is 1. The molecule has 2 N–H and O–H groups in total. The van der Waals surface area contributed by atoms with E-state index >= 15 is 0 Å². The van der Waals surface area contributed by atoms with Gasteiger partial charge >= 0.3 is 0 Å². The van der Waals surface area contributed by atoms with E-state index in [1.807, 2.05) is 25.1 Å². The molecule has 0 saturated carbocycles. The molecule has 1 aliphatic heterocycles. The van der Waals surface area contributed by atoms with Gasteiger partial charge in [0.1, 0.15) is 18.5 Å². The van der Waals surface area contributed by atoms with Crippen LogP contribution >= 0.6 is 11.6 Å². The Morgan fingerprint density at radius 2 is 2.33 bits per heavy atom. The van der Waals surface area contributed by atoms with Gasteiger partial charge in [0.15, 0.2) is 0 Å². The molecule has 21 heavy (non-hydrogen) atoms. The number of hydrogen-bond donors (Lipinski definition) is 2. The zero-order valence-corrected chi connectivity index (χ0v) is 13.6. The minimum Gasteiger partial charge on any atom is -0.491 e. The molecule has 0 radical (unpaired) electrons. The lowest BCUT2D eigenvalue weighted by Gasteiger charge is -2.16. The normalized spacial score (nSPS) is 20.7. The number of hydrogen-bond acceptors (Lipinski definition) is 4. The number of aliphatic hydroxyl groups is 1. The quantitative estimate of drug-likeness (QED) is 0.807. The van der Waals surface area contributed by atoms with Crippen molar-refractivity contribution < 1.29 is 9.84 Å². The van der Waals surface area contributed by atoms with Crippen LogP contribution in [-0.2, 0) is 0 Å². The molecule has 0 aromatic heterocycles. The number of aliphatic hydroxyl groups excluding tert-OH is 1. The minimum atomic E-state index is -0.500. The van der Waals surface area contributed by atoms with Crippen LogP contribution in [0.4, 0.5) is 0 Å². The van der Waals surface area contributed by atoms with Gasteiger partial charge in [-0.15, -0.1) is 0 Å². The van der Waals surface area contributed by atoms with Crippen molar-refractivity contribution in [3.05, 3.63) is 28.8 Å². The Morgan fingerprint density at radius 1 is 1.52 bits per heavy atom. The first-order valence-corrected chi connectivity index (χ1v) is 7.88. The highest BCUT2D eigenvalue weighted by Crippen LogP contribution is 2.21. The maximum atomic E-state index is 9.94. The molecule has 0 spiro atoms. The molecule has 1 aromatic carbocycles. The number of nitrogens with one attached hydrogen (secondary N) is 1. The number of benzene rings is 1. The fraction of sp³-hybridized carbons (Fsp3) is 0.625. The molecular weight excluding hydrogens is 288 g/mol. The third-order valence-corrected chi connectivity index (χ3v) is 4.30. The first-order valence-electron chi connectivity index (χ1n) is 7.51. The van der Waals surface area contributed by atoms with Gasteiger partial charge in [0.25, 0.3) is 0 Å². The van der Waals surface area contributed by atoms with Gasteiger partial charge in [-0.2, -0.15) is 0 Å². The van der Waals surface area contributed by atoms with Crippen LogP contribution in [0.3, 0.4) is 0 Å². The van der Waals surface area contributed by atoms with Crippen LogP contribution in [-0.4, -0.2) is 55.9 Å². The van der Waals surface area contributed by atoms with Gasteiger partial charge in [0.05, 0.1) is 0 Å². The number of nitrogens with zero attached hydrogens (tertiary/aromatic N) is 1. The van der Waals surface area contributed by atoms with E-state index in [4.69, 9.17) is 16.3 Å². The van der Waals surface area contributed by atoms with Gasteiger partial charge in [-0.1, -0.05) is 11.6 Å². The second-order valence-electron chi connectivity index (χ2n) is 5.95. The molecular formula is C16H25ClN2O2. The standard InChI is InChI=1S/C16H25ClN2O2/c1-12-7-15(3-4-16(12)17)21-11-14(20)9-18-8-13-5-6-19(2)10-13/h3-4,7,13-14,18,20H,5-6,8-11H2,1-2H3. The van der Waals surface area contributed by atoms with Crippen LogP contribution in [0.5, 0.6) is 5.75 Å². The molecule has 4 nitrogen and oxygen atoms in total. The van der Waals surface area contributed by atoms with Crippen molar-refractivity contribution >= 4 is 11.6 Å².